The lowest BCUT2D eigenvalue weighted by Crippen LogP contribution is -2.29. The molecule has 0 saturated heterocycles. The molecule has 0 bridgehead atoms. The lowest BCUT2D eigenvalue weighted by Gasteiger charge is -2.20. The summed E-state index contributed by atoms with van der Waals surface area (Å²) in [6.45, 7) is 2.26. The monoisotopic (exact) mass is 825 g/mol. The van der Waals surface area contributed by atoms with Gasteiger partial charge in [0.2, 0.25) is 0 Å². The second-order valence-electron chi connectivity index (χ2n) is 14.7. The maximum atomic E-state index is 12.6. The van der Waals surface area contributed by atoms with E-state index >= 15 is 0 Å². The molecule has 10 nitrogen and oxygen atoms in total. The van der Waals surface area contributed by atoms with Crippen molar-refractivity contribution in [3.8, 4) is 0 Å². The largest absolute Gasteiger partial charge is 0.472 e. The lowest BCUT2D eigenvalue weighted by molar-refractivity contribution is -0.161. The van der Waals surface area contributed by atoms with E-state index in [1.165, 1.54) is 70.6 Å². The number of ether oxygens (including phenoxy) is 2. The van der Waals surface area contributed by atoms with Gasteiger partial charge in [0, 0.05) is 12.8 Å². The van der Waals surface area contributed by atoms with Crippen molar-refractivity contribution in [2.45, 2.75) is 193 Å². The number of phosphoric acid groups is 1. The smallest absolute Gasteiger partial charge is 0.462 e. The molecule has 0 saturated carbocycles. The number of rotatable bonds is 41. The molecule has 0 aromatic rings. The molecule has 0 aliphatic rings. The van der Waals surface area contributed by atoms with Crippen LogP contribution in [0.2, 0.25) is 0 Å². The van der Waals surface area contributed by atoms with Crippen LogP contribution in [0.5, 0.6) is 0 Å². The van der Waals surface area contributed by atoms with Gasteiger partial charge in [0.25, 0.3) is 0 Å². The van der Waals surface area contributed by atoms with E-state index in [0.29, 0.717) is 12.8 Å². The Bertz CT molecular complexity index is 1130. The van der Waals surface area contributed by atoms with Crippen LogP contribution in [-0.2, 0) is 32.7 Å². The first-order valence-corrected chi connectivity index (χ1v) is 23.7. The molecule has 0 spiro atoms. The van der Waals surface area contributed by atoms with Crippen molar-refractivity contribution < 1.29 is 47.8 Å². The van der Waals surface area contributed by atoms with Crippen LogP contribution in [0.15, 0.2) is 60.8 Å². The summed E-state index contributed by atoms with van der Waals surface area (Å²) in [6.07, 6.45) is 46.1. The number of aliphatic hydroxyl groups is 2. The van der Waals surface area contributed by atoms with Crippen LogP contribution in [0.25, 0.3) is 0 Å². The SMILES string of the molecule is CCC/C=C/C/C=C/C/C=C/C/C=C/CCCCCC(=O)OC[C@H](COP(=O)(O)OC[C@@H](O)CO)OC(=O)CCCCCCCCC/C=C/CCCCCCCC. The predicted octanol–water partition coefficient (Wildman–Crippen LogP) is 11.9. The molecule has 0 aliphatic heterocycles. The van der Waals surface area contributed by atoms with Crippen molar-refractivity contribution >= 4 is 19.8 Å². The van der Waals surface area contributed by atoms with E-state index in [1.54, 1.807) is 0 Å². The highest BCUT2D eigenvalue weighted by atomic mass is 31.2. The van der Waals surface area contributed by atoms with E-state index in [2.05, 4.69) is 79.1 Å². The zero-order valence-corrected chi connectivity index (χ0v) is 36.7. The number of hydrogen-bond donors (Lipinski definition) is 3. The van der Waals surface area contributed by atoms with E-state index < -0.39 is 51.8 Å². The molecule has 330 valence electrons. The number of esters is 2. The van der Waals surface area contributed by atoms with Crippen molar-refractivity contribution in [2.75, 3.05) is 26.4 Å². The van der Waals surface area contributed by atoms with Crippen molar-refractivity contribution in [1.29, 1.82) is 0 Å². The highest BCUT2D eigenvalue weighted by molar-refractivity contribution is 7.47. The van der Waals surface area contributed by atoms with Crippen molar-refractivity contribution in [3.63, 3.8) is 0 Å². The van der Waals surface area contributed by atoms with Gasteiger partial charge in [-0.2, -0.15) is 0 Å². The summed E-state index contributed by atoms with van der Waals surface area (Å²) in [5, 5.41) is 18.3. The highest BCUT2D eigenvalue weighted by Gasteiger charge is 2.27. The third-order valence-electron chi connectivity index (χ3n) is 9.13. The molecule has 3 N–H and O–H groups in total. The Morgan fingerprint density at radius 1 is 0.526 bits per heavy atom. The van der Waals surface area contributed by atoms with Crippen LogP contribution in [0, 0.1) is 0 Å². The fraction of sp³-hybridized carbons (Fsp3) is 0.739. The summed E-state index contributed by atoms with van der Waals surface area (Å²) in [6, 6.07) is 0. The fourth-order valence-electron chi connectivity index (χ4n) is 5.68. The third kappa shape index (κ3) is 41.6. The summed E-state index contributed by atoms with van der Waals surface area (Å²) in [5.74, 6) is -0.968. The van der Waals surface area contributed by atoms with Gasteiger partial charge in [-0.15, -0.1) is 0 Å². The fourth-order valence-corrected chi connectivity index (χ4v) is 6.47. The number of allylic oxidation sites excluding steroid dienone is 10. The quantitative estimate of drug-likeness (QED) is 0.0235. The first kappa shape index (κ1) is 54.7. The minimum atomic E-state index is -4.63. The molecule has 0 rings (SSSR count). The average Bonchev–Trinajstić information content (AvgIpc) is 3.20. The summed E-state index contributed by atoms with van der Waals surface area (Å²) >= 11 is 0. The van der Waals surface area contributed by atoms with E-state index in [4.69, 9.17) is 19.1 Å². The molecule has 11 heteroatoms. The Balaban J connectivity index is 4.35. The molecular formula is C46H81O10P. The number of carbonyl (C=O) groups excluding carboxylic acids is 2. The predicted molar refractivity (Wildman–Crippen MR) is 233 cm³/mol. The van der Waals surface area contributed by atoms with Gasteiger partial charge in [-0.1, -0.05) is 152 Å². The van der Waals surface area contributed by atoms with Crippen LogP contribution < -0.4 is 0 Å². The van der Waals surface area contributed by atoms with E-state index in [-0.39, 0.29) is 19.4 Å². The molecule has 0 aliphatic carbocycles. The zero-order valence-electron chi connectivity index (χ0n) is 35.8. The number of hydrogen-bond acceptors (Lipinski definition) is 9. The summed E-state index contributed by atoms with van der Waals surface area (Å²) in [7, 11) is -4.63. The molecule has 1 unspecified atom stereocenters. The third-order valence-corrected chi connectivity index (χ3v) is 10.1. The second kappa shape index (κ2) is 41.8. The second-order valence-corrected chi connectivity index (χ2v) is 16.2. The van der Waals surface area contributed by atoms with E-state index in [1.807, 2.05) is 0 Å². The van der Waals surface area contributed by atoms with Gasteiger partial charge in [0.1, 0.15) is 12.7 Å². The summed E-state index contributed by atoms with van der Waals surface area (Å²) < 4.78 is 32.7. The van der Waals surface area contributed by atoms with Gasteiger partial charge in [-0.3, -0.25) is 18.6 Å². The van der Waals surface area contributed by atoms with Gasteiger partial charge in [-0.05, 0) is 77.0 Å². The molecule has 0 aromatic heterocycles. The van der Waals surface area contributed by atoms with Crippen LogP contribution in [-0.4, -0.2) is 65.7 Å². The normalized spacial score (nSPS) is 14.4. The molecule has 3 atom stereocenters. The van der Waals surface area contributed by atoms with Crippen LogP contribution in [0.1, 0.15) is 181 Å². The maximum absolute atomic E-state index is 12.6. The molecule has 0 radical (unpaired) electrons. The van der Waals surface area contributed by atoms with Gasteiger partial charge in [-0.25, -0.2) is 4.57 Å². The maximum Gasteiger partial charge on any atom is 0.472 e. The number of phosphoric ester groups is 1. The van der Waals surface area contributed by atoms with Crippen molar-refractivity contribution in [2.24, 2.45) is 0 Å². The van der Waals surface area contributed by atoms with Gasteiger partial charge >= 0.3 is 19.8 Å². The van der Waals surface area contributed by atoms with Crippen molar-refractivity contribution in [1.82, 2.24) is 0 Å². The van der Waals surface area contributed by atoms with Gasteiger partial charge < -0.3 is 24.6 Å². The Morgan fingerprint density at radius 3 is 1.47 bits per heavy atom. The topological polar surface area (TPSA) is 149 Å². The molecule has 0 fully saturated rings. The molecular weight excluding hydrogens is 743 g/mol. The standard InChI is InChI=1S/C46H81O10P/c1-3-5-7-9-11-13-15-17-19-21-23-25-27-29-31-33-35-37-45(49)53-41-44(42-55-57(51,52)54-40-43(48)39-47)56-46(50)38-36-34-32-30-28-26-24-22-20-18-16-14-12-10-8-6-4-2/h7,9,13,15,18-21,25,27,43-44,47-48H,3-6,8,10-12,14,16-17,22-24,26,28-42H2,1-2H3,(H,51,52)/b9-7+,15-13+,20-18+,21-19+,27-25+/t43-,44+/m0/s1. The van der Waals surface area contributed by atoms with Crippen LogP contribution in [0.3, 0.4) is 0 Å². The van der Waals surface area contributed by atoms with E-state index in [9.17, 15) is 24.2 Å². The van der Waals surface area contributed by atoms with Crippen LogP contribution >= 0.6 is 7.82 Å². The summed E-state index contributed by atoms with van der Waals surface area (Å²) in [4.78, 5) is 35.0. The minimum Gasteiger partial charge on any atom is -0.462 e. The van der Waals surface area contributed by atoms with Crippen molar-refractivity contribution in [3.05, 3.63) is 60.8 Å². The molecule has 57 heavy (non-hydrogen) atoms. The molecule has 0 amide bonds. The highest BCUT2D eigenvalue weighted by Crippen LogP contribution is 2.43. The van der Waals surface area contributed by atoms with E-state index in [0.717, 1.165) is 70.6 Å². The van der Waals surface area contributed by atoms with Gasteiger partial charge in [0.15, 0.2) is 6.10 Å². The Labute approximate surface area is 346 Å². The Morgan fingerprint density at radius 2 is 0.947 bits per heavy atom. The minimum absolute atomic E-state index is 0.170. The van der Waals surface area contributed by atoms with Crippen LogP contribution in [0.4, 0.5) is 0 Å². The lowest BCUT2D eigenvalue weighted by atomic mass is 10.1. The average molecular weight is 825 g/mol. The number of aliphatic hydroxyl groups excluding tert-OH is 2. The molecule has 0 heterocycles. The summed E-state index contributed by atoms with van der Waals surface area (Å²) in [5.41, 5.74) is 0. The van der Waals surface area contributed by atoms with Gasteiger partial charge in [0.05, 0.1) is 19.8 Å². The Kier molecular flexibility index (Phi) is 40.1. The Hall–Kier alpha value is -2.33. The first-order chi connectivity index (χ1) is 27.7. The first-order valence-electron chi connectivity index (χ1n) is 22.2. The number of unbranched alkanes of at least 4 members (excludes halogenated alkanes) is 17. The molecule has 0 aromatic carbocycles. The zero-order chi connectivity index (χ0) is 41.9. The number of carbonyl (C=O) groups is 2.